The molecule has 1 aromatic rings. The summed E-state index contributed by atoms with van der Waals surface area (Å²) in [5.41, 5.74) is -0.0669. The van der Waals surface area contributed by atoms with E-state index in [1.54, 1.807) is 6.92 Å². The van der Waals surface area contributed by atoms with Crippen LogP contribution in [-0.4, -0.2) is 0 Å². The normalized spacial score (nSPS) is 9.56. The zero-order valence-corrected chi connectivity index (χ0v) is 11.0. The molecule has 0 fully saturated rings. The highest BCUT2D eigenvalue weighted by Crippen LogP contribution is 2.34. The molecule has 0 aliphatic heterocycles. The van der Waals surface area contributed by atoms with E-state index in [2.05, 4.69) is 0 Å². The smallest absolute Gasteiger partial charge is 0.166 e. The lowest BCUT2D eigenvalue weighted by atomic mass is 10.1. The minimum Gasteiger partial charge on any atom is -0.166 e. The summed E-state index contributed by atoms with van der Waals surface area (Å²) < 4.78 is 36.3. The first kappa shape index (κ1) is 17.7. The van der Waals surface area contributed by atoms with Crippen LogP contribution in [0.25, 0.3) is 0 Å². The van der Waals surface area contributed by atoms with E-state index in [0.717, 1.165) is 6.07 Å². The van der Waals surface area contributed by atoms with Crippen LogP contribution in [0.1, 0.15) is 38.8 Å². The molecular weight excluding hydrogens is 237 g/mol. The van der Waals surface area contributed by atoms with Gasteiger partial charge in [0.15, 0.2) is 0 Å². The van der Waals surface area contributed by atoms with E-state index in [1.807, 2.05) is 27.7 Å². The van der Waals surface area contributed by atoms with Gasteiger partial charge >= 0.3 is 6.18 Å². The predicted molar refractivity (Wildman–Crippen MR) is 63.9 cm³/mol. The lowest BCUT2D eigenvalue weighted by molar-refractivity contribution is -0.137. The average molecular weight is 255 g/mol. The molecule has 0 aromatic heterocycles. The van der Waals surface area contributed by atoms with Crippen LogP contribution in [0.5, 0.6) is 0 Å². The van der Waals surface area contributed by atoms with Crippen LogP contribution in [0, 0.1) is 6.92 Å². The maximum absolute atomic E-state index is 12.1. The van der Waals surface area contributed by atoms with E-state index in [9.17, 15) is 13.2 Å². The molecule has 0 heterocycles. The summed E-state index contributed by atoms with van der Waals surface area (Å²) >= 11 is 5.39. The van der Waals surface area contributed by atoms with Crippen LogP contribution in [0.15, 0.2) is 18.2 Å². The van der Waals surface area contributed by atoms with Gasteiger partial charge < -0.3 is 0 Å². The minimum absolute atomic E-state index is 0.248. The molecule has 0 radical (unpaired) electrons. The highest BCUT2D eigenvalue weighted by molar-refractivity contribution is 6.31. The van der Waals surface area contributed by atoms with Crippen LogP contribution < -0.4 is 0 Å². The van der Waals surface area contributed by atoms with Gasteiger partial charge in [0.1, 0.15) is 0 Å². The molecule has 0 aliphatic rings. The summed E-state index contributed by atoms with van der Waals surface area (Å²) in [4.78, 5) is 0. The summed E-state index contributed by atoms with van der Waals surface area (Å²) in [5.74, 6) is 0. The number of rotatable bonds is 0. The van der Waals surface area contributed by atoms with Crippen molar-refractivity contribution in [1.29, 1.82) is 0 Å². The molecule has 0 amide bonds. The van der Waals surface area contributed by atoms with E-state index < -0.39 is 11.7 Å². The Hall–Kier alpha value is -0.700. The van der Waals surface area contributed by atoms with Crippen LogP contribution in [0.2, 0.25) is 5.02 Å². The third-order valence-electron chi connectivity index (χ3n) is 1.43. The fraction of sp³-hybridized carbons (Fsp3) is 0.500. The van der Waals surface area contributed by atoms with Crippen molar-refractivity contribution < 1.29 is 13.2 Å². The topological polar surface area (TPSA) is 0 Å². The van der Waals surface area contributed by atoms with Crippen molar-refractivity contribution in [2.75, 3.05) is 0 Å². The Bertz CT molecular complexity index is 293. The first-order valence-electron chi connectivity index (χ1n) is 5.24. The Morgan fingerprint density at radius 1 is 1.00 bits per heavy atom. The molecule has 0 aliphatic carbocycles. The number of aryl methyl sites for hydroxylation is 1. The number of halogens is 4. The Balaban J connectivity index is 0. The molecule has 0 unspecified atom stereocenters. The van der Waals surface area contributed by atoms with E-state index in [1.165, 1.54) is 12.1 Å². The quantitative estimate of drug-likeness (QED) is 0.555. The van der Waals surface area contributed by atoms with Gasteiger partial charge in [-0.2, -0.15) is 13.2 Å². The van der Waals surface area contributed by atoms with Gasteiger partial charge in [0.2, 0.25) is 0 Å². The van der Waals surface area contributed by atoms with Crippen molar-refractivity contribution >= 4 is 11.6 Å². The second kappa shape index (κ2) is 8.45. The predicted octanol–water partition coefficient (Wildman–Crippen LogP) is 5.72. The minimum atomic E-state index is -4.36. The van der Waals surface area contributed by atoms with Crippen LogP contribution in [0.4, 0.5) is 13.2 Å². The lowest BCUT2D eigenvalue weighted by Gasteiger charge is -2.08. The molecule has 94 valence electrons. The van der Waals surface area contributed by atoms with Crippen molar-refractivity contribution in [3.05, 3.63) is 34.3 Å². The summed E-state index contributed by atoms with van der Waals surface area (Å²) in [7, 11) is 0. The van der Waals surface area contributed by atoms with Crippen molar-refractivity contribution in [3.63, 3.8) is 0 Å². The monoisotopic (exact) mass is 254 g/mol. The zero-order valence-electron chi connectivity index (χ0n) is 10.2. The molecular formula is C12H18ClF3. The SMILES string of the molecule is CC.CC.Cc1ccc(C(F)(F)F)c(Cl)c1. The van der Waals surface area contributed by atoms with Crippen molar-refractivity contribution in [3.8, 4) is 0 Å². The molecule has 0 spiro atoms. The van der Waals surface area contributed by atoms with E-state index in [-0.39, 0.29) is 5.02 Å². The van der Waals surface area contributed by atoms with Gasteiger partial charge in [0.05, 0.1) is 10.6 Å². The fourth-order valence-corrected chi connectivity index (χ4v) is 1.19. The van der Waals surface area contributed by atoms with Gasteiger partial charge in [-0.3, -0.25) is 0 Å². The Morgan fingerprint density at radius 2 is 1.44 bits per heavy atom. The molecule has 1 rings (SSSR count). The first-order chi connectivity index (χ1) is 7.41. The molecule has 0 bridgehead atoms. The van der Waals surface area contributed by atoms with Crippen LogP contribution in [-0.2, 0) is 6.18 Å². The standard InChI is InChI=1S/C8H6ClF3.2C2H6/c1-5-2-3-6(7(9)4-5)8(10,11)12;2*1-2/h2-4H,1H3;2*1-2H3. The number of hydrogen-bond acceptors (Lipinski definition) is 0. The molecule has 0 saturated heterocycles. The molecule has 16 heavy (non-hydrogen) atoms. The third kappa shape index (κ3) is 6.01. The van der Waals surface area contributed by atoms with E-state index >= 15 is 0 Å². The molecule has 4 heteroatoms. The van der Waals surface area contributed by atoms with Gasteiger partial charge in [-0.1, -0.05) is 45.4 Å². The number of hydrogen-bond donors (Lipinski definition) is 0. The molecule has 0 N–H and O–H groups in total. The van der Waals surface area contributed by atoms with Gasteiger partial charge in [-0.05, 0) is 24.6 Å². The highest BCUT2D eigenvalue weighted by Gasteiger charge is 2.32. The molecule has 0 atom stereocenters. The average Bonchev–Trinajstić information content (AvgIpc) is 2.21. The maximum atomic E-state index is 12.1. The Morgan fingerprint density at radius 3 is 1.75 bits per heavy atom. The lowest BCUT2D eigenvalue weighted by Crippen LogP contribution is -2.05. The van der Waals surface area contributed by atoms with Crippen LogP contribution >= 0.6 is 11.6 Å². The van der Waals surface area contributed by atoms with E-state index in [0.29, 0.717) is 5.56 Å². The van der Waals surface area contributed by atoms with Crippen molar-refractivity contribution in [2.45, 2.75) is 40.8 Å². The fourth-order valence-electron chi connectivity index (χ4n) is 0.850. The Labute approximate surface area is 100 Å². The van der Waals surface area contributed by atoms with Crippen molar-refractivity contribution in [1.82, 2.24) is 0 Å². The number of benzene rings is 1. The van der Waals surface area contributed by atoms with Crippen molar-refractivity contribution in [2.24, 2.45) is 0 Å². The zero-order chi connectivity index (χ0) is 13.4. The molecule has 0 nitrogen and oxygen atoms in total. The maximum Gasteiger partial charge on any atom is 0.417 e. The second-order valence-electron chi connectivity index (χ2n) is 2.48. The molecule has 1 aromatic carbocycles. The number of alkyl halides is 3. The summed E-state index contributed by atoms with van der Waals surface area (Å²) in [6.45, 7) is 9.69. The van der Waals surface area contributed by atoms with Gasteiger partial charge in [0, 0.05) is 0 Å². The summed E-state index contributed by atoms with van der Waals surface area (Å²) in [6, 6.07) is 3.66. The van der Waals surface area contributed by atoms with Gasteiger partial charge in [-0.15, -0.1) is 0 Å². The Kier molecular flexibility index (Phi) is 9.34. The van der Waals surface area contributed by atoms with Crippen LogP contribution in [0.3, 0.4) is 0 Å². The summed E-state index contributed by atoms with van der Waals surface area (Å²) in [5, 5.41) is -0.248. The third-order valence-corrected chi connectivity index (χ3v) is 1.74. The van der Waals surface area contributed by atoms with E-state index in [4.69, 9.17) is 11.6 Å². The molecule has 0 saturated carbocycles. The highest BCUT2D eigenvalue weighted by atomic mass is 35.5. The largest absolute Gasteiger partial charge is 0.417 e. The van der Waals surface area contributed by atoms with Gasteiger partial charge in [-0.25, -0.2) is 0 Å². The summed E-state index contributed by atoms with van der Waals surface area (Å²) in [6.07, 6.45) is -4.36. The van der Waals surface area contributed by atoms with Gasteiger partial charge in [0.25, 0.3) is 0 Å². The second-order valence-corrected chi connectivity index (χ2v) is 2.89. The first-order valence-corrected chi connectivity index (χ1v) is 5.62.